The van der Waals surface area contributed by atoms with Crippen LogP contribution in [0.4, 0.5) is 0 Å². The third-order valence-electron chi connectivity index (χ3n) is 4.29. The molecule has 0 aliphatic heterocycles. The van der Waals surface area contributed by atoms with Crippen molar-refractivity contribution in [3.8, 4) is 6.07 Å². The highest BCUT2D eigenvalue weighted by atomic mass is 32.2. The summed E-state index contributed by atoms with van der Waals surface area (Å²) in [7, 11) is 0.263. The number of rotatable bonds is 5. The lowest BCUT2D eigenvalue weighted by Gasteiger charge is -2.08. The van der Waals surface area contributed by atoms with E-state index in [1.54, 1.807) is 54.7 Å². The lowest BCUT2D eigenvalue weighted by Crippen LogP contribution is -2.15. The fourth-order valence-electron chi connectivity index (χ4n) is 2.78. The van der Waals surface area contributed by atoms with E-state index < -0.39 is 22.0 Å². The molecular formula is C21H21N3O6S. The van der Waals surface area contributed by atoms with Gasteiger partial charge in [0.25, 0.3) is 10.0 Å². The number of hydrogen-bond acceptors (Lipinski definition) is 6. The molecule has 0 aliphatic carbocycles. The Kier molecular flexibility index (Phi) is 7.52. The smallest absolute Gasteiger partial charge is 0.414 e. The minimum Gasteiger partial charge on any atom is -0.473 e. The van der Waals surface area contributed by atoms with Crippen molar-refractivity contribution in [2.45, 2.75) is 11.3 Å². The molecule has 3 aromatic rings. The SMILES string of the molecule is CN(C)CCc1cn(S(=O)(=O)c2ccccc2)c2ccc(C#N)cc12.O=C(O)C(=O)O. The quantitative estimate of drug-likeness (QED) is 0.571. The van der Waals surface area contributed by atoms with Crippen molar-refractivity contribution >= 4 is 32.9 Å². The van der Waals surface area contributed by atoms with Crippen molar-refractivity contribution < 1.29 is 28.2 Å². The Morgan fingerprint density at radius 3 is 2.19 bits per heavy atom. The topological polar surface area (TPSA) is 141 Å². The van der Waals surface area contributed by atoms with Gasteiger partial charge in [0, 0.05) is 18.1 Å². The Balaban J connectivity index is 0.000000501. The molecule has 2 N–H and O–H groups in total. The maximum absolute atomic E-state index is 13.0. The first-order chi connectivity index (χ1) is 14.6. The first kappa shape index (κ1) is 23.6. The highest BCUT2D eigenvalue weighted by molar-refractivity contribution is 7.90. The largest absolute Gasteiger partial charge is 0.473 e. The minimum absolute atomic E-state index is 0.246. The summed E-state index contributed by atoms with van der Waals surface area (Å²) in [4.78, 5) is 20.5. The summed E-state index contributed by atoms with van der Waals surface area (Å²) in [5.41, 5.74) is 2.03. The third kappa shape index (κ3) is 5.69. The van der Waals surface area contributed by atoms with Gasteiger partial charge in [-0.15, -0.1) is 0 Å². The first-order valence-corrected chi connectivity index (χ1v) is 10.5. The zero-order valence-corrected chi connectivity index (χ0v) is 17.7. The summed E-state index contributed by atoms with van der Waals surface area (Å²) >= 11 is 0. The summed E-state index contributed by atoms with van der Waals surface area (Å²) in [6, 6.07) is 15.6. The van der Waals surface area contributed by atoms with Gasteiger partial charge in [0.2, 0.25) is 0 Å². The third-order valence-corrected chi connectivity index (χ3v) is 5.98. The standard InChI is InChI=1S/C19H19N3O2S.C2H2O4/c1-21(2)11-10-16-14-22(19-9-8-15(13-20)12-18(16)19)25(23,24)17-6-4-3-5-7-17;3-1(4)2(5)6/h3-9,12,14H,10-11H2,1-2H3;(H,3,4)(H,5,6). The van der Waals surface area contributed by atoms with E-state index in [2.05, 4.69) is 6.07 Å². The van der Waals surface area contributed by atoms with Gasteiger partial charge in [-0.1, -0.05) is 18.2 Å². The summed E-state index contributed by atoms with van der Waals surface area (Å²) in [6.45, 7) is 0.793. The number of benzene rings is 2. The number of nitrogens with zero attached hydrogens (tertiary/aromatic N) is 3. The molecule has 162 valence electrons. The van der Waals surface area contributed by atoms with Crippen LogP contribution in [0, 0.1) is 11.3 Å². The van der Waals surface area contributed by atoms with Crippen LogP contribution >= 0.6 is 0 Å². The average molecular weight is 443 g/mol. The summed E-state index contributed by atoms with van der Waals surface area (Å²) in [6.07, 6.45) is 2.38. The predicted octanol–water partition coefficient (Wildman–Crippen LogP) is 2.01. The molecule has 0 radical (unpaired) electrons. The lowest BCUT2D eigenvalue weighted by atomic mass is 10.1. The molecule has 9 nitrogen and oxygen atoms in total. The van der Waals surface area contributed by atoms with Crippen LogP contribution in [0.15, 0.2) is 59.6 Å². The van der Waals surface area contributed by atoms with Gasteiger partial charge < -0.3 is 15.1 Å². The van der Waals surface area contributed by atoms with Crippen LogP contribution in [0.5, 0.6) is 0 Å². The van der Waals surface area contributed by atoms with Crippen LogP contribution < -0.4 is 0 Å². The molecule has 0 saturated heterocycles. The van der Waals surface area contributed by atoms with Gasteiger partial charge >= 0.3 is 11.9 Å². The minimum atomic E-state index is -3.68. The van der Waals surface area contributed by atoms with Crippen LogP contribution in [-0.2, 0) is 26.0 Å². The van der Waals surface area contributed by atoms with Gasteiger partial charge in [0.05, 0.1) is 22.0 Å². The molecule has 0 bridgehead atoms. The number of nitriles is 1. The van der Waals surface area contributed by atoms with Crippen LogP contribution in [0.3, 0.4) is 0 Å². The van der Waals surface area contributed by atoms with Gasteiger partial charge in [-0.3, -0.25) is 0 Å². The van der Waals surface area contributed by atoms with Gasteiger partial charge in [-0.05, 0) is 56.4 Å². The normalized spacial score (nSPS) is 10.9. The Morgan fingerprint density at radius 2 is 1.68 bits per heavy atom. The second-order valence-corrected chi connectivity index (χ2v) is 8.59. The second-order valence-electron chi connectivity index (χ2n) is 6.78. The van der Waals surface area contributed by atoms with Crippen LogP contribution in [0.25, 0.3) is 10.9 Å². The van der Waals surface area contributed by atoms with E-state index in [1.165, 1.54) is 3.97 Å². The van der Waals surface area contributed by atoms with Gasteiger partial charge in [0.15, 0.2) is 0 Å². The monoisotopic (exact) mass is 443 g/mol. The van der Waals surface area contributed by atoms with Crippen molar-refractivity contribution in [1.29, 1.82) is 5.26 Å². The fourth-order valence-corrected chi connectivity index (χ4v) is 4.20. The number of aliphatic carboxylic acids is 2. The highest BCUT2D eigenvalue weighted by Gasteiger charge is 2.21. The molecule has 0 amide bonds. The van der Waals surface area contributed by atoms with Crippen molar-refractivity contribution in [3.05, 3.63) is 65.9 Å². The molecule has 0 spiro atoms. The number of aromatic nitrogens is 1. The number of hydrogen-bond donors (Lipinski definition) is 2. The maximum Gasteiger partial charge on any atom is 0.414 e. The summed E-state index contributed by atoms with van der Waals surface area (Å²) in [5, 5.41) is 24.8. The van der Waals surface area contributed by atoms with Crippen LogP contribution in [0.2, 0.25) is 0 Å². The Hall–Kier alpha value is -3.68. The summed E-state index contributed by atoms with van der Waals surface area (Å²) < 4.78 is 27.4. The molecule has 0 atom stereocenters. The first-order valence-electron chi connectivity index (χ1n) is 9.03. The number of likely N-dealkylation sites (N-methyl/N-ethyl adjacent to an activating group) is 1. The Morgan fingerprint density at radius 1 is 1.06 bits per heavy atom. The van der Waals surface area contributed by atoms with E-state index >= 15 is 0 Å². The second kappa shape index (κ2) is 9.88. The lowest BCUT2D eigenvalue weighted by molar-refractivity contribution is -0.159. The zero-order chi connectivity index (χ0) is 23.2. The van der Waals surface area contributed by atoms with E-state index in [-0.39, 0.29) is 4.90 Å². The van der Waals surface area contributed by atoms with Gasteiger partial charge in [-0.25, -0.2) is 22.0 Å². The molecular weight excluding hydrogens is 422 g/mol. The number of carboxylic acids is 2. The van der Waals surface area contributed by atoms with Gasteiger partial charge in [0.1, 0.15) is 0 Å². The highest BCUT2D eigenvalue weighted by Crippen LogP contribution is 2.27. The predicted molar refractivity (Wildman–Crippen MR) is 113 cm³/mol. The number of fused-ring (bicyclic) bond motifs is 1. The van der Waals surface area contributed by atoms with E-state index in [9.17, 15) is 8.42 Å². The molecule has 0 fully saturated rings. The van der Waals surface area contributed by atoms with Crippen molar-refractivity contribution in [2.75, 3.05) is 20.6 Å². The van der Waals surface area contributed by atoms with Crippen LogP contribution in [0.1, 0.15) is 11.1 Å². The molecule has 3 rings (SSSR count). The molecule has 1 aromatic heterocycles. The van der Waals surface area contributed by atoms with Crippen molar-refractivity contribution in [3.63, 3.8) is 0 Å². The fraction of sp³-hybridized carbons (Fsp3) is 0.190. The number of carbonyl (C=O) groups is 2. The molecule has 0 aliphatic rings. The molecule has 0 unspecified atom stereocenters. The van der Waals surface area contributed by atoms with E-state index in [0.29, 0.717) is 17.5 Å². The molecule has 31 heavy (non-hydrogen) atoms. The summed E-state index contributed by atoms with van der Waals surface area (Å²) in [5.74, 6) is -3.65. The maximum atomic E-state index is 13.0. The zero-order valence-electron chi connectivity index (χ0n) is 16.9. The Labute approximate surface area is 179 Å². The van der Waals surface area contributed by atoms with E-state index in [1.807, 2.05) is 19.0 Å². The molecule has 0 saturated carbocycles. The average Bonchev–Trinajstić information content (AvgIpc) is 3.11. The Bertz CT molecular complexity index is 1230. The molecule has 1 heterocycles. The van der Waals surface area contributed by atoms with Crippen LogP contribution in [-0.4, -0.2) is 60.1 Å². The van der Waals surface area contributed by atoms with E-state index in [0.717, 1.165) is 17.5 Å². The van der Waals surface area contributed by atoms with E-state index in [4.69, 9.17) is 25.1 Å². The number of carboxylic acid groups (broad SMARTS) is 2. The van der Waals surface area contributed by atoms with Crippen molar-refractivity contribution in [2.24, 2.45) is 0 Å². The molecule has 2 aromatic carbocycles. The van der Waals surface area contributed by atoms with Gasteiger partial charge in [-0.2, -0.15) is 5.26 Å². The molecule has 10 heteroatoms. The van der Waals surface area contributed by atoms with Crippen molar-refractivity contribution in [1.82, 2.24) is 8.87 Å².